The maximum atomic E-state index is 13.6. The standard InChI is InChI=1S/C42H52N8O6/c1-23(2)36(45-25(5)52)41(54)49-15-7-9-33(49)31-17-28(18-43-31)30-22-56-39-29(20-48(6)38(30)39)26-11-13-27(14-12-26)32-19-44-40(46-32)34-10-8-16-50(34)42(55)37(24(3)4)47-35(53)21-51/h11-14,18-20,22-24,33-34,36-37,51H,7-10,15-17,21H2,1-6H3,(H,44,46)(H,45,52)(H,47,53)/t33?,34?,36-,37-/m0/s1. The van der Waals surface area contributed by atoms with Gasteiger partial charge in [-0.3, -0.25) is 24.2 Å². The Morgan fingerprint density at radius 2 is 1.54 bits per heavy atom. The summed E-state index contributed by atoms with van der Waals surface area (Å²) in [6.45, 7) is 9.64. The van der Waals surface area contributed by atoms with Gasteiger partial charge < -0.3 is 39.5 Å². The first-order valence-electron chi connectivity index (χ1n) is 19.6. The molecule has 6 heterocycles. The van der Waals surface area contributed by atoms with Crippen molar-refractivity contribution in [2.45, 2.75) is 90.9 Å². The third kappa shape index (κ3) is 7.41. The van der Waals surface area contributed by atoms with E-state index in [2.05, 4.69) is 43.5 Å². The number of aromatic nitrogens is 3. The number of aryl methyl sites for hydroxylation is 1. The van der Waals surface area contributed by atoms with Crippen LogP contribution in [0.15, 0.2) is 58.5 Å². The second-order valence-electron chi connectivity index (χ2n) is 15.9. The van der Waals surface area contributed by atoms with Crippen molar-refractivity contribution >= 4 is 46.0 Å². The second kappa shape index (κ2) is 15.9. The molecular formula is C42H52N8O6. The third-order valence-corrected chi connectivity index (χ3v) is 11.3. The van der Waals surface area contributed by atoms with Gasteiger partial charge in [-0.15, -0.1) is 0 Å². The van der Waals surface area contributed by atoms with Gasteiger partial charge in [-0.1, -0.05) is 52.0 Å². The number of aliphatic hydroxyl groups excluding tert-OH is 1. The topological polar surface area (TPSA) is 178 Å². The molecule has 4 N–H and O–H groups in total. The number of amides is 4. The van der Waals surface area contributed by atoms with Gasteiger partial charge in [0.2, 0.25) is 23.6 Å². The number of imidazole rings is 1. The van der Waals surface area contributed by atoms with Crippen molar-refractivity contribution in [1.29, 1.82) is 0 Å². The molecule has 14 heteroatoms. The number of furan rings is 1. The van der Waals surface area contributed by atoms with Crippen LogP contribution in [0.3, 0.4) is 0 Å². The Labute approximate surface area is 326 Å². The van der Waals surface area contributed by atoms with Gasteiger partial charge in [0.15, 0.2) is 5.58 Å². The van der Waals surface area contributed by atoms with Crippen LogP contribution in [0.1, 0.15) is 84.2 Å². The number of fused-ring (bicyclic) bond motifs is 1. The molecule has 1 aromatic carbocycles. The molecule has 0 spiro atoms. The van der Waals surface area contributed by atoms with Crippen molar-refractivity contribution in [2.24, 2.45) is 23.9 Å². The van der Waals surface area contributed by atoms with Crippen molar-refractivity contribution in [3.05, 3.63) is 60.5 Å². The Hall–Kier alpha value is -5.50. The van der Waals surface area contributed by atoms with E-state index < -0.39 is 24.6 Å². The first kappa shape index (κ1) is 38.8. The molecule has 0 saturated carbocycles. The average molecular weight is 765 g/mol. The average Bonchev–Trinajstić information content (AvgIpc) is 4.03. The molecule has 0 bridgehead atoms. The lowest BCUT2D eigenvalue weighted by Gasteiger charge is -2.31. The summed E-state index contributed by atoms with van der Waals surface area (Å²) in [5.74, 6) is -0.483. The van der Waals surface area contributed by atoms with E-state index in [1.165, 1.54) is 6.92 Å². The monoisotopic (exact) mass is 764 g/mol. The fourth-order valence-electron chi connectivity index (χ4n) is 8.46. The highest BCUT2D eigenvalue weighted by Crippen LogP contribution is 2.40. The molecule has 3 aliphatic rings. The molecule has 14 nitrogen and oxygen atoms in total. The number of aliphatic imine (C=N–C) groups is 1. The maximum Gasteiger partial charge on any atom is 0.246 e. The van der Waals surface area contributed by atoms with E-state index >= 15 is 0 Å². The van der Waals surface area contributed by atoms with E-state index in [-0.39, 0.29) is 41.6 Å². The molecule has 3 aliphatic heterocycles. The number of nitrogens with one attached hydrogen (secondary N) is 3. The van der Waals surface area contributed by atoms with Gasteiger partial charge >= 0.3 is 0 Å². The van der Waals surface area contributed by atoms with E-state index in [9.17, 15) is 24.3 Å². The number of likely N-dealkylation sites (tertiary alicyclic amines) is 2. The van der Waals surface area contributed by atoms with Gasteiger partial charge in [0.05, 0.1) is 29.5 Å². The van der Waals surface area contributed by atoms with Crippen LogP contribution in [-0.4, -0.2) is 96.6 Å². The Bertz CT molecular complexity index is 2190. The van der Waals surface area contributed by atoms with Crippen molar-refractivity contribution in [2.75, 3.05) is 19.7 Å². The lowest BCUT2D eigenvalue weighted by Crippen LogP contribution is -2.53. The summed E-state index contributed by atoms with van der Waals surface area (Å²) in [7, 11) is 2.01. The van der Waals surface area contributed by atoms with E-state index in [0.717, 1.165) is 76.0 Å². The quantitative estimate of drug-likeness (QED) is 0.158. The number of benzene rings is 1. The molecule has 4 aromatic rings. The molecule has 56 heavy (non-hydrogen) atoms. The smallest absolute Gasteiger partial charge is 0.246 e. The number of allylic oxidation sites excluding steroid dienone is 1. The fraction of sp³-hybridized carbons (Fsp3) is 0.476. The predicted octanol–water partition coefficient (Wildman–Crippen LogP) is 4.96. The minimum absolute atomic E-state index is 0.0288. The summed E-state index contributed by atoms with van der Waals surface area (Å²) in [5.41, 5.74) is 8.45. The molecule has 0 radical (unpaired) electrons. The summed E-state index contributed by atoms with van der Waals surface area (Å²) in [4.78, 5) is 67.6. The van der Waals surface area contributed by atoms with Crippen LogP contribution in [0, 0.1) is 11.8 Å². The highest BCUT2D eigenvalue weighted by molar-refractivity contribution is 6.07. The summed E-state index contributed by atoms with van der Waals surface area (Å²) in [5, 5.41) is 14.8. The predicted molar refractivity (Wildman–Crippen MR) is 213 cm³/mol. The molecule has 2 fully saturated rings. The zero-order valence-electron chi connectivity index (χ0n) is 33.0. The number of H-pyrrole nitrogens is 1. The van der Waals surface area contributed by atoms with Gasteiger partial charge in [0, 0.05) is 62.7 Å². The zero-order chi connectivity index (χ0) is 39.8. The number of hydrogen-bond donors (Lipinski definition) is 4. The van der Waals surface area contributed by atoms with Crippen LogP contribution in [0.25, 0.3) is 39.1 Å². The largest absolute Gasteiger partial charge is 0.461 e. The summed E-state index contributed by atoms with van der Waals surface area (Å²) in [6.07, 6.45) is 11.5. The summed E-state index contributed by atoms with van der Waals surface area (Å²) >= 11 is 0. The van der Waals surface area contributed by atoms with Crippen molar-refractivity contribution in [3.8, 4) is 22.4 Å². The maximum absolute atomic E-state index is 13.6. The van der Waals surface area contributed by atoms with Crippen LogP contribution >= 0.6 is 0 Å². The SMILES string of the molecule is CC(=O)N[C@H](C(=O)N1CCCC1C1=NC=C(c2coc3c(-c4ccc(-c5cnc(C6CCCN6C(=O)[C@@H](NC(=O)CO)C(C)C)[nH]5)cc4)cn(C)c23)C1)C(C)C. The van der Waals surface area contributed by atoms with Crippen molar-refractivity contribution in [3.63, 3.8) is 0 Å². The molecule has 3 aromatic heterocycles. The van der Waals surface area contributed by atoms with Crippen LogP contribution in [0.2, 0.25) is 0 Å². The van der Waals surface area contributed by atoms with E-state index in [1.807, 2.05) is 58.0 Å². The Kier molecular flexibility index (Phi) is 11.0. The van der Waals surface area contributed by atoms with E-state index in [4.69, 9.17) is 9.41 Å². The van der Waals surface area contributed by atoms with E-state index in [1.54, 1.807) is 17.4 Å². The normalized spacial score (nSPS) is 19.5. The number of carbonyl (C=O) groups is 4. The first-order valence-corrected chi connectivity index (χ1v) is 19.6. The van der Waals surface area contributed by atoms with E-state index in [0.29, 0.717) is 25.3 Å². The molecule has 2 unspecified atom stereocenters. The number of rotatable bonds is 12. The summed E-state index contributed by atoms with van der Waals surface area (Å²) in [6, 6.07) is 6.55. The van der Waals surface area contributed by atoms with Gasteiger partial charge in [0.1, 0.15) is 30.8 Å². The zero-order valence-corrected chi connectivity index (χ0v) is 33.0. The molecule has 2 saturated heterocycles. The highest BCUT2D eigenvalue weighted by atomic mass is 16.3. The van der Waals surface area contributed by atoms with Gasteiger partial charge in [-0.05, 0) is 54.2 Å². The van der Waals surface area contributed by atoms with Crippen molar-refractivity contribution in [1.82, 2.24) is 35.0 Å². The van der Waals surface area contributed by atoms with Crippen LogP contribution in [0.5, 0.6) is 0 Å². The van der Waals surface area contributed by atoms with Crippen LogP contribution in [0.4, 0.5) is 0 Å². The lowest BCUT2D eigenvalue weighted by molar-refractivity contribution is -0.139. The summed E-state index contributed by atoms with van der Waals surface area (Å²) < 4.78 is 8.33. The lowest BCUT2D eigenvalue weighted by atomic mass is 9.98. The van der Waals surface area contributed by atoms with Crippen LogP contribution < -0.4 is 10.6 Å². The van der Waals surface area contributed by atoms with Crippen LogP contribution in [-0.2, 0) is 26.2 Å². The number of carbonyl (C=O) groups excluding carboxylic acids is 4. The third-order valence-electron chi connectivity index (χ3n) is 11.3. The minimum atomic E-state index is -0.728. The van der Waals surface area contributed by atoms with Gasteiger partial charge in [-0.2, -0.15) is 0 Å². The number of hydrogen-bond acceptors (Lipinski definition) is 8. The molecule has 4 amide bonds. The number of aromatic amines is 1. The first-order chi connectivity index (χ1) is 26.9. The number of aliphatic hydroxyl groups is 1. The molecule has 296 valence electrons. The van der Waals surface area contributed by atoms with Gasteiger partial charge in [-0.25, -0.2) is 4.98 Å². The highest BCUT2D eigenvalue weighted by Gasteiger charge is 2.39. The van der Waals surface area contributed by atoms with Gasteiger partial charge in [0.25, 0.3) is 0 Å². The molecule has 4 atom stereocenters. The molecular weight excluding hydrogens is 713 g/mol. The number of nitrogens with zero attached hydrogens (tertiary/aromatic N) is 5. The second-order valence-corrected chi connectivity index (χ2v) is 15.9. The fourth-order valence-corrected chi connectivity index (χ4v) is 8.46. The Morgan fingerprint density at radius 3 is 2.18 bits per heavy atom. The Balaban J connectivity index is 1.04. The molecule has 0 aliphatic carbocycles. The van der Waals surface area contributed by atoms with Crippen molar-refractivity contribution < 1.29 is 28.7 Å². The molecule has 7 rings (SSSR count). The Morgan fingerprint density at radius 1 is 0.911 bits per heavy atom. The minimum Gasteiger partial charge on any atom is -0.461 e.